The fourth-order valence-corrected chi connectivity index (χ4v) is 3.48. The first-order valence-electron chi connectivity index (χ1n) is 10.4. The highest BCUT2D eigenvalue weighted by molar-refractivity contribution is 5.97. The van der Waals surface area contributed by atoms with Crippen molar-refractivity contribution in [3.8, 4) is 5.75 Å². The predicted octanol–water partition coefficient (Wildman–Crippen LogP) is 3.15. The molecule has 0 unspecified atom stereocenters. The summed E-state index contributed by atoms with van der Waals surface area (Å²) in [7, 11) is 1.57. The first kappa shape index (κ1) is 21.6. The van der Waals surface area contributed by atoms with E-state index in [0.29, 0.717) is 30.3 Å². The summed E-state index contributed by atoms with van der Waals surface area (Å²) in [5.41, 5.74) is 1.27. The van der Waals surface area contributed by atoms with Gasteiger partial charge in [0, 0.05) is 26.3 Å². The van der Waals surface area contributed by atoms with Crippen molar-refractivity contribution < 1.29 is 14.3 Å². The molecule has 3 rings (SSSR count). The molecule has 2 amide bonds. The number of aromatic nitrogens is 1. The number of likely N-dealkylation sites (tertiary alicyclic amines) is 1. The molecular formula is C23H29N3O4. The number of hydrogen-bond acceptors (Lipinski definition) is 4. The summed E-state index contributed by atoms with van der Waals surface area (Å²) in [5, 5.41) is 2.58. The summed E-state index contributed by atoms with van der Waals surface area (Å²) >= 11 is 0. The van der Waals surface area contributed by atoms with Gasteiger partial charge in [-0.05, 0) is 48.9 Å². The Hall–Kier alpha value is -3.09. The quantitative estimate of drug-likeness (QED) is 0.792. The van der Waals surface area contributed by atoms with E-state index in [1.54, 1.807) is 11.9 Å². The molecule has 1 aliphatic rings. The van der Waals surface area contributed by atoms with Gasteiger partial charge in [0.25, 0.3) is 17.4 Å². The zero-order valence-electron chi connectivity index (χ0n) is 17.8. The molecule has 1 N–H and O–H groups in total. The van der Waals surface area contributed by atoms with E-state index >= 15 is 0 Å². The average molecular weight is 412 g/mol. The van der Waals surface area contributed by atoms with Gasteiger partial charge in [-0.2, -0.15) is 0 Å². The van der Waals surface area contributed by atoms with Gasteiger partial charge < -0.3 is 19.5 Å². The summed E-state index contributed by atoms with van der Waals surface area (Å²) in [5.74, 6) is 0.417. The van der Waals surface area contributed by atoms with Crippen LogP contribution in [-0.2, 0) is 11.8 Å². The van der Waals surface area contributed by atoms with Crippen molar-refractivity contribution in [2.75, 3.05) is 25.0 Å². The van der Waals surface area contributed by atoms with E-state index in [2.05, 4.69) is 19.2 Å². The van der Waals surface area contributed by atoms with Gasteiger partial charge in [0.05, 0.1) is 5.56 Å². The summed E-state index contributed by atoms with van der Waals surface area (Å²) in [6, 6.07) is 9.01. The number of amides is 2. The molecule has 1 saturated heterocycles. The van der Waals surface area contributed by atoms with Gasteiger partial charge in [-0.3, -0.25) is 14.4 Å². The molecule has 1 fully saturated rings. The summed E-state index contributed by atoms with van der Waals surface area (Å²) in [4.78, 5) is 39.3. The molecule has 0 spiro atoms. The van der Waals surface area contributed by atoms with Crippen molar-refractivity contribution in [2.24, 2.45) is 7.05 Å². The minimum absolute atomic E-state index is 0.0733. The molecular weight excluding hydrogens is 382 g/mol. The van der Waals surface area contributed by atoms with Gasteiger partial charge in [-0.1, -0.05) is 26.0 Å². The SMILES string of the molecule is CC(C)c1ccc(OCC(=O)Nc2cc(C(=O)N3CCCCC3)cn(C)c2=O)cc1. The van der Waals surface area contributed by atoms with E-state index in [1.165, 1.54) is 22.4 Å². The molecule has 2 aromatic rings. The number of nitrogens with zero attached hydrogens (tertiary/aromatic N) is 2. The van der Waals surface area contributed by atoms with Crippen molar-refractivity contribution in [3.05, 3.63) is 58.0 Å². The molecule has 1 aromatic carbocycles. The standard InChI is InChI=1S/C23H29N3O4/c1-16(2)17-7-9-19(10-8-17)30-15-21(27)24-20-13-18(14-25(3)23(20)29)22(28)26-11-5-4-6-12-26/h7-10,13-14,16H,4-6,11-12,15H2,1-3H3,(H,24,27). The molecule has 0 saturated carbocycles. The average Bonchev–Trinajstić information content (AvgIpc) is 2.75. The third-order valence-electron chi connectivity index (χ3n) is 5.26. The Morgan fingerprint density at radius 2 is 1.77 bits per heavy atom. The van der Waals surface area contributed by atoms with Crippen LogP contribution in [0.4, 0.5) is 5.69 Å². The van der Waals surface area contributed by atoms with E-state index in [4.69, 9.17) is 4.74 Å². The van der Waals surface area contributed by atoms with E-state index in [1.807, 2.05) is 24.3 Å². The van der Waals surface area contributed by atoms with Crippen LogP contribution in [0.15, 0.2) is 41.3 Å². The molecule has 1 aromatic heterocycles. The lowest BCUT2D eigenvalue weighted by molar-refractivity contribution is -0.118. The third-order valence-corrected chi connectivity index (χ3v) is 5.26. The van der Waals surface area contributed by atoms with Crippen LogP contribution in [0.1, 0.15) is 54.9 Å². The number of anilines is 1. The molecule has 0 radical (unpaired) electrons. The minimum atomic E-state index is -0.456. The predicted molar refractivity (Wildman–Crippen MR) is 116 cm³/mol. The maximum atomic E-state index is 12.8. The Labute approximate surface area is 176 Å². The molecule has 7 heteroatoms. The summed E-state index contributed by atoms with van der Waals surface area (Å²) in [6.45, 7) is 5.41. The Kier molecular flexibility index (Phi) is 6.92. The maximum Gasteiger partial charge on any atom is 0.274 e. The normalized spacial score (nSPS) is 13.9. The second kappa shape index (κ2) is 9.61. The largest absolute Gasteiger partial charge is 0.484 e. The van der Waals surface area contributed by atoms with Crippen LogP contribution < -0.4 is 15.6 Å². The molecule has 2 heterocycles. The Morgan fingerprint density at radius 1 is 1.10 bits per heavy atom. The van der Waals surface area contributed by atoms with Crippen LogP contribution in [0.2, 0.25) is 0 Å². The molecule has 0 atom stereocenters. The van der Waals surface area contributed by atoms with Crippen LogP contribution in [0.3, 0.4) is 0 Å². The van der Waals surface area contributed by atoms with Crippen molar-refractivity contribution in [1.29, 1.82) is 0 Å². The number of piperidine rings is 1. The highest BCUT2D eigenvalue weighted by Gasteiger charge is 2.20. The van der Waals surface area contributed by atoms with Crippen molar-refractivity contribution >= 4 is 17.5 Å². The lowest BCUT2D eigenvalue weighted by atomic mass is 10.0. The van der Waals surface area contributed by atoms with Crippen molar-refractivity contribution in [3.63, 3.8) is 0 Å². The van der Waals surface area contributed by atoms with E-state index in [-0.39, 0.29) is 23.8 Å². The van der Waals surface area contributed by atoms with Gasteiger partial charge in [-0.25, -0.2) is 0 Å². The maximum absolute atomic E-state index is 12.8. The molecule has 1 aliphatic heterocycles. The Balaban J connectivity index is 1.66. The zero-order chi connectivity index (χ0) is 21.7. The number of hydrogen-bond donors (Lipinski definition) is 1. The lowest BCUT2D eigenvalue weighted by Gasteiger charge is -2.27. The number of benzene rings is 1. The second-order valence-electron chi connectivity index (χ2n) is 7.97. The van der Waals surface area contributed by atoms with Crippen LogP contribution >= 0.6 is 0 Å². The number of nitrogens with one attached hydrogen (secondary N) is 1. The fraction of sp³-hybridized carbons (Fsp3) is 0.435. The molecule has 0 aliphatic carbocycles. The van der Waals surface area contributed by atoms with Gasteiger partial charge >= 0.3 is 0 Å². The topological polar surface area (TPSA) is 80.6 Å². The van der Waals surface area contributed by atoms with E-state index < -0.39 is 5.91 Å². The number of aryl methyl sites for hydroxylation is 1. The number of pyridine rings is 1. The van der Waals surface area contributed by atoms with Gasteiger partial charge in [-0.15, -0.1) is 0 Å². The zero-order valence-corrected chi connectivity index (χ0v) is 17.8. The molecule has 160 valence electrons. The smallest absolute Gasteiger partial charge is 0.274 e. The van der Waals surface area contributed by atoms with Gasteiger partial charge in [0.2, 0.25) is 0 Å². The minimum Gasteiger partial charge on any atom is -0.484 e. The van der Waals surface area contributed by atoms with Crippen LogP contribution in [-0.4, -0.2) is 41.0 Å². The van der Waals surface area contributed by atoms with Crippen molar-refractivity contribution in [1.82, 2.24) is 9.47 Å². The Bertz CT molecular complexity index is 957. The van der Waals surface area contributed by atoms with Crippen LogP contribution in [0.25, 0.3) is 0 Å². The van der Waals surface area contributed by atoms with Crippen molar-refractivity contribution in [2.45, 2.75) is 39.0 Å². The lowest BCUT2D eigenvalue weighted by Crippen LogP contribution is -2.36. The Morgan fingerprint density at radius 3 is 2.40 bits per heavy atom. The van der Waals surface area contributed by atoms with Gasteiger partial charge in [0.1, 0.15) is 11.4 Å². The molecule has 7 nitrogen and oxygen atoms in total. The number of carbonyl (C=O) groups excluding carboxylic acids is 2. The van der Waals surface area contributed by atoms with Crippen LogP contribution in [0.5, 0.6) is 5.75 Å². The third kappa shape index (κ3) is 5.28. The fourth-order valence-electron chi connectivity index (χ4n) is 3.48. The van der Waals surface area contributed by atoms with Crippen LogP contribution in [0, 0.1) is 0 Å². The summed E-state index contributed by atoms with van der Waals surface area (Å²) in [6.07, 6.45) is 4.60. The van der Waals surface area contributed by atoms with E-state index in [9.17, 15) is 14.4 Å². The number of ether oxygens (including phenoxy) is 1. The second-order valence-corrected chi connectivity index (χ2v) is 7.97. The van der Waals surface area contributed by atoms with E-state index in [0.717, 1.165) is 19.3 Å². The highest BCUT2D eigenvalue weighted by atomic mass is 16.5. The van der Waals surface area contributed by atoms with Gasteiger partial charge in [0.15, 0.2) is 6.61 Å². The first-order chi connectivity index (χ1) is 14.3. The number of rotatable bonds is 6. The molecule has 0 bridgehead atoms. The number of carbonyl (C=O) groups is 2. The monoisotopic (exact) mass is 411 g/mol. The summed E-state index contributed by atoms with van der Waals surface area (Å²) < 4.78 is 6.84. The highest BCUT2D eigenvalue weighted by Crippen LogP contribution is 2.19. The first-order valence-corrected chi connectivity index (χ1v) is 10.4. The molecule has 30 heavy (non-hydrogen) atoms.